The van der Waals surface area contributed by atoms with Crippen LogP contribution in [0.3, 0.4) is 0 Å². The molecule has 4 heteroatoms. The van der Waals surface area contributed by atoms with Gasteiger partial charge in [0.15, 0.2) is 0 Å². The van der Waals surface area contributed by atoms with Crippen molar-refractivity contribution < 1.29 is 9.53 Å². The van der Waals surface area contributed by atoms with Crippen molar-refractivity contribution in [1.82, 2.24) is 4.90 Å². The Morgan fingerprint density at radius 2 is 2.18 bits per heavy atom. The minimum Gasteiger partial charge on any atom is -0.444 e. The van der Waals surface area contributed by atoms with E-state index in [-0.39, 0.29) is 24.1 Å². The zero-order valence-corrected chi connectivity index (χ0v) is 10.9. The lowest BCUT2D eigenvalue weighted by Crippen LogP contribution is -2.41. The Balaban J connectivity index is 2.13. The molecule has 2 aliphatic rings. The Kier molecular flexibility index (Phi) is 2.94. The van der Waals surface area contributed by atoms with Gasteiger partial charge in [0.25, 0.3) is 0 Å². The quantitative estimate of drug-likeness (QED) is 0.710. The third-order valence-electron chi connectivity index (χ3n) is 3.66. The number of amides is 1. The molecule has 0 radical (unpaired) electrons. The van der Waals surface area contributed by atoms with Crippen LogP contribution in [0.2, 0.25) is 0 Å². The number of nitrogens with two attached hydrogens (primary N) is 1. The van der Waals surface area contributed by atoms with Crippen LogP contribution in [-0.2, 0) is 4.74 Å². The van der Waals surface area contributed by atoms with Crippen LogP contribution in [0, 0.1) is 5.92 Å². The van der Waals surface area contributed by atoms with E-state index in [9.17, 15) is 4.79 Å². The summed E-state index contributed by atoms with van der Waals surface area (Å²) >= 11 is 0. The molecule has 2 fully saturated rings. The molecule has 0 aromatic heterocycles. The smallest absolute Gasteiger partial charge is 0.411 e. The van der Waals surface area contributed by atoms with Gasteiger partial charge in [0.05, 0.1) is 6.04 Å². The van der Waals surface area contributed by atoms with Crippen molar-refractivity contribution in [3.05, 3.63) is 12.2 Å². The summed E-state index contributed by atoms with van der Waals surface area (Å²) in [5, 5.41) is 0. The molecule has 96 valence electrons. The van der Waals surface area contributed by atoms with Gasteiger partial charge >= 0.3 is 6.09 Å². The zero-order chi connectivity index (χ0) is 12.8. The number of carbonyl (C=O) groups is 1. The molecule has 2 saturated heterocycles. The van der Waals surface area contributed by atoms with E-state index < -0.39 is 5.60 Å². The Morgan fingerprint density at radius 1 is 1.53 bits per heavy atom. The summed E-state index contributed by atoms with van der Waals surface area (Å²) in [5.74, 6) is 0.251. The minimum absolute atomic E-state index is 0.142. The van der Waals surface area contributed by atoms with Gasteiger partial charge in [0, 0.05) is 18.5 Å². The first-order valence-electron chi connectivity index (χ1n) is 6.25. The van der Waals surface area contributed by atoms with Crippen molar-refractivity contribution in [1.29, 1.82) is 0 Å². The predicted octanol–water partition coefficient (Wildman–Crippen LogP) is 1.90. The second-order valence-corrected chi connectivity index (χ2v) is 5.97. The second-order valence-electron chi connectivity index (χ2n) is 5.97. The molecule has 17 heavy (non-hydrogen) atoms. The van der Waals surface area contributed by atoms with Gasteiger partial charge in [0.1, 0.15) is 5.60 Å². The first kappa shape index (κ1) is 12.4. The van der Waals surface area contributed by atoms with Crippen LogP contribution in [0.5, 0.6) is 0 Å². The number of fused-ring (bicyclic) bond motifs is 2. The van der Waals surface area contributed by atoms with Gasteiger partial charge in [-0.3, -0.25) is 4.90 Å². The van der Waals surface area contributed by atoms with Gasteiger partial charge in [-0.2, -0.15) is 0 Å². The number of ether oxygens (including phenoxy) is 1. The topological polar surface area (TPSA) is 55.6 Å². The first-order valence-corrected chi connectivity index (χ1v) is 6.25. The molecular weight excluding hydrogens is 216 g/mol. The summed E-state index contributed by atoms with van der Waals surface area (Å²) < 4.78 is 5.45. The Hall–Kier alpha value is -1.03. The fourth-order valence-corrected chi connectivity index (χ4v) is 2.98. The maximum Gasteiger partial charge on any atom is 0.411 e. The number of rotatable bonds is 1. The molecule has 2 rings (SSSR count). The molecule has 1 amide bonds. The number of hydrogen-bond donors (Lipinski definition) is 1. The van der Waals surface area contributed by atoms with E-state index in [1.54, 1.807) is 0 Å². The van der Waals surface area contributed by atoms with Crippen LogP contribution in [0.1, 0.15) is 33.6 Å². The SMILES string of the molecule is C=C1C(CN)[C@@H]2CC[C@@H]1N2C(=O)OC(C)(C)C. The van der Waals surface area contributed by atoms with Crippen LogP contribution >= 0.6 is 0 Å². The molecule has 0 aliphatic carbocycles. The van der Waals surface area contributed by atoms with Crippen molar-refractivity contribution in [2.75, 3.05) is 6.54 Å². The van der Waals surface area contributed by atoms with E-state index in [0.29, 0.717) is 6.54 Å². The van der Waals surface area contributed by atoms with Gasteiger partial charge < -0.3 is 10.5 Å². The van der Waals surface area contributed by atoms with Gasteiger partial charge in [0.2, 0.25) is 0 Å². The molecule has 1 unspecified atom stereocenters. The molecule has 2 aliphatic heterocycles. The highest BCUT2D eigenvalue weighted by atomic mass is 16.6. The van der Waals surface area contributed by atoms with Gasteiger partial charge in [-0.25, -0.2) is 4.79 Å². The van der Waals surface area contributed by atoms with E-state index in [4.69, 9.17) is 10.5 Å². The largest absolute Gasteiger partial charge is 0.444 e. The molecule has 0 aromatic carbocycles. The summed E-state index contributed by atoms with van der Waals surface area (Å²) in [6.07, 6.45) is 1.80. The second kappa shape index (κ2) is 4.02. The Morgan fingerprint density at radius 3 is 2.65 bits per heavy atom. The lowest BCUT2D eigenvalue weighted by atomic mass is 9.85. The molecule has 0 saturated carbocycles. The van der Waals surface area contributed by atoms with Gasteiger partial charge in [-0.1, -0.05) is 6.58 Å². The number of carbonyl (C=O) groups excluding carboxylic acids is 1. The van der Waals surface area contributed by atoms with Crippen LogP contribution in [0.15, 0.2) is 12.2 Å². The highest BCUT2D eigenvalue weighted by molar-refractivity contribution is 5.71. The maximum atomic E-state index is 12.2. The van der Waals surface area contributed by atoms with Gasteiger partial charge in [-0.05, 0) is 39.2 Å². The molecule has 2 heterocycles. The summed E-state index contributed by atoms with van der Waals surface area (Å²) in [6, 6.07) is 0.343. The third-order valence-corrected chi connectivity index (χ3v) is 3.66. The predicted molar refractivity (Wildman–Crippen MR) is 66.6 cm³/mol. The summed E-state index contributed by atoms with van der Waals surface area (Å²) in [4.78, 5) is 14.0. The van der Waals surface area contributed by atoms with Gasteiger partial charge in [-0.15, -0.1) is 0 Å². The van der Waals surface area contributed by atoms with E-state index in [1.807, 2.05) is 25.7 Å². The monoisotopic (exact) mass is 238 g/mol. The van der Waals surface area contributed by atoms with E-state index in [1.165, 1.54) is 0 Å². The summed E-state index contributed by atoms with van der Waals surface area (Å²) in [5.41, 5.74) is 6.42. The van der Waals surface area contributed by atoms with E-state index in [2.05, 4.69) is 6.58 Å². The van der Waals surface area contributed by atoms with Crippen LogP contribution in [0.25, 0.3) is 0 Å². The fourth-order valence-electron chi connectivity index (χ4n) is 2.98. The first-order chi connectivity index (χ1) is 7.85. The molecular formula is C13H22N2O2. The lowest BCUT2D eigenvalue weighted by Gasteiger charge is -2.27. The zero-order valence-electron chi connectivity index (χ0n) is 10.9. The molecule has 0 aromatic rings. The number of nitrogens with zero attached hydrogens (tertiary/aromatic N) is 1. The van der Waals surface area contributed by atoms with Crippen molar-refractivity contribution in [2.45, 2.75) is 51.3 Å². The average Bonchev–Trinajstić information content (AvgIpc) is 2.70. The molecule has 0 spiro atoms. The molecule has 3 atom stereocenters. The van der Waals surface area contributed by atoms with Crippen LogP contribution in [-0.4, -0.2) is 35.2 Å². The molecule has 2 bridgehead atoms. The van der Waals surface area contributed by atoms with Crippen molar-refractivity contribution >= 4 is 6.09 Å². The fraction of sp³-hybridized carbons (Fsp3) is 0.769. The molecule has 2 N–H and O–H groups in total. The Bertz CT molecular complexity index is 346. The van der Waals surface area contributed by atoms with Crippen molar-refractivity contribution in [3.63, 3.8) is 0 Å². The highest BCUT2D eigenvalue weighted by Crippen LogP contribution is 2.44. The average molecular weight is 238 g/mol. The van der Waals surface area contributed by atoms with Crippen molar-refractivity contribution in [2.24, 2.45) is 11.7 Å². The van der Waals surface area contributed by atoms with E-state index in [0.717, 1.165) is 18.4 Å². The summed E-state index contributed by atoms with van der Waals surface area (Å²) in [6.45, 7) is 10.3. The minimum atomic E-state index is -0.446. The lowest BCUT2D eigenvalue weighted by molar-refractivity contribution is 0.0210. The number of hydrogen-bond acceptors (Lipinski definition) is 3. The molecule has 4 nitrogen and oxygen atoms in total. The van der Waals surface area contributed by atoms with Crippen LogP contribution in [0.4, 0.5) is 4.79 Å². The van der Waals surface area contributed by atoms with E-state index >= 15 is 0 Å². The normalized spacial score (nSPS) is 32.1. The summed E-state index contributed by atoms with van der Waals surface area (Å²) in [7, 11) is 0. The highest BCUT2D eigenvalue weighted by Gasteiger charge is 2.51. The standard InChI is InChI=1S/C13H22N2O2/c1-8-9(7-14)11-6-5-10(8)15(11)12(16)17-13(2,3)4/h9-11H,1,5-7,14H2,2-4H3/t9?,10-,11-/m0/s1. The van der Waals surface area contributed by atoms with Crippen molar-refractivity contribution in [3.8, 4) is 0 Å². The third kappa shape index (κ3) is 2.06. The Labute approximate surface area is 103 Å². The van der Waals surface area contributed by atoms with Crippen LogP contribution < -0.4 is 5.73 Å². The maximum absolute atomic E-state index is 12.2.